The zero-order chi connectivity index (χ0) is 35.0. The summed E-state index contributed by atoms with van der Waals surface area (Å²) in [5.41, 5.74) is 0.848. The Labute approximate surface area is 288 Å². The molecule has 0 saturated carbocycles. The molecule has 0 aliphatic carbocycles. The van der Waals surface area contributed by atoms with E-state index in [1.807, 2.05) is 0 Å². The van der Waals surface area contributed by atoms with E-state index in [0.717, 1.165) is 21.6 Å². The average Bonchev–Trinajstić information content (AvgIpc) is 3.51. The van der Waals surface area contributed by atoms with Gasteiger partial charge in [0.15, 0.2) is 0 Å². The molecule has 3 N–H and O–H groups in total. The van der Waals surface area contributed by atoms with Crippen molar-refractivity contribution in [1.29, 1.82) is 0 Å². The lowest BCUT2D eigenvalue weighted by Crippen LogP contribution is -2.37. The zero-order valence-corrected chi connectivity index (χ0v) is 28.0. The van der Waals surface area contributed by atoms with Crippen molar-refractivity contribution in [3.05, 3.63) is 90.9 Å². The van der Waals surface area contributed by atoms with Crippen molar-refractivity contribution in [1.82, 2.24) is 34.7 Å². The highest BCUT2D eigenvalue weighted by Gasteiger charge is 2.23. The van der Waals surface area contributed by atoms with Gasteiger partial charge < -0.3 is 20.7 Å². The smallest absolute Gasteiger partial charge is 0.330 e. The highest BCUT2D eigenvalue weighted by Crippen LogP contribution is 2.42. The first-order valence-corrected chi connectivity index (χ1v) is 15.9. The van der Waals surface area contributed by atoms with Gasteiger partial charge in [0, 0.05) is 56.3 Å². The van der Waals surface area contributed by atoms with Crippen molar-refractivity contribution in [2.24, 2.45) is 14.1 Å². The van der Waals surface area contributed by atoms with Gasteiger partial charge in [-0.05, 0) is 18.6 Å². The van der Waals surface area contributed by atoms with Crippen LogP contribution in [0.15, 0.2) is 58.3 Å². The molecule has 0 radical (unpaired) electrons. The quantitative estimate of drug-likeness (QED) is 0.180. The first-order valence-electron chi connectivity index (χ1n) is 15.1. The number of methoxy groups -OCH3 is 1. The second-order valence-electron chi connectivity index (χ2n) is 11.4. The number of pyridine rings is 1. The molecule has 5 aromatic rings. The lowest BCUT2D eigenvalue weighted by Gasteiger charge is -2.17. The number of fused-ring (bicyclic) bond motifs is 1. The molecule has 1 saturated heterocycles. The van der Waals surface area contributed by atoms with Crippen LogP contribution in [0.3, 0.4) is 0 Å². The number of rotatable bonds is 10. The maximum atomic E-state index is 13.9. The van der Waals surface area contributed by atoms with Crippen LogP contribution in [0, 0.1) is 0 Å². The van der Waals surface area contributed by atoms with Gasteiger partial charge in [-0.3, -0.25) is 23.7 Å². The number of carbonyl (C=O) groups is 1. The third kappa shape index (κ3) is 6.58. The Bertz CT molecular complexity index is 2230. The predicted octanol–water partition coefficient (Wildman–Crippen LogP) is 5.12. The van der Waals surface area contributed by atoms with Crippen molar-refractivity contribution in [2.45, 2.75) is 31.9 Å². The van der Waals surface area contributed by atoms with E-state index in [1.165, 1.54) is 21.2 Å². The molecule has 0 unspecified atom stereocenters. The standard InChI is InChI=1S/C33H30Cl2F2N8O4/c1-44-24-12-21(29(36)37)42-30(26(24)32(47)45(2)33(44)48)41-20-9-5-7-18(28(20)35)17-6-4-8-19(27(17)34)22-15-39-23(31(43-22)49-3)14-38-13-16-10-11-25(46)40-16/h4-9,12,15-16,29,38H,10-11,13-14H2,1-3H3,(H,40,46)(H,41,42)/t16-/m0/s1. The molecule has 16 heteroatoms. The molecule has 1 atom stereocenters. The predicted molar refractivity (Wildman–Crippen MR) is 183 cm³/mol. The molecule has 1 aliphatic rings. The number of ether oxygens (including phenoxy) is 1. The number of aromatic nitrogens is 5. The number of halogens is 4. The SMILES string of the molecule is COc1nc(-c2cccc(-c3cccc(Nc4nc(C(F)F)cc5c4c(=O)n(C)c(=O)n5C)c3Cl)c2Cl)cnc1CNC[C@@H]1CCC(=O)N1. The van der Waals surface area contributed by atoms with E-state index < -0.39 is 23.4 Å². The van der Waals surface area contributed by atoms with Crippen LogP contribution in [0.25, 0.3) is 33.3 Å². The Morgan fingerprint density at radius 2 is 1.73 bits per heavy atom. The summed E-state index contributed by atoms with van der Waals surface area (Å²) in [6, 6.07) is 11.4. The van der Waals surface area contributed by atoms with Gasteiger partial charge in [-0.15, -0.1) is 0 Å². The molecule has 3 aromatic heterocycles. The molecule has 12 nitrogen and oxygen atoms in total. The molecule has 2 aromatic carbocycles. The minimum absolute atomic E-state index is 0.00966. The number of hydrogen-bond acceptors (Lipinski definition) is 9. The summed E-state index contributed by atoms with van der Waals surface area (Å²) >= 11 is 13.9. The third-order valence-electron chi connectivity index (χ3n) is 8.29. The van der Waals surface area contributed by atoms with Crippen molar-refractivity contribution < 1.29 is 18.3 Å². The number of hydrogen-bond donors (Lipinski definition) is 3. The monoisotopic (exact) mass is 710 g/mol. The van der Waals surface area contributed by atoms with Gasteiger partial charge in [-0.25, -0.2) is 23.5 Å². The lowest BCUT2D eigenvalue weighted by atomic mass is 10.0. The number of aryl methyl sites for hydroxylation is 1. The largest absolute Gasteiger partial charge is 0.480 e. The first-order chi connectivity index (χ1) is 23.5. The van der Waals surface area contributed by atoms with E-state index in [0.29, 0.717) is 58.5 Å². The molecule has 4 heterocycles. The van der Waals surface area contributed by atoms with Crippen LogP contribution in [0.2, 0.25) is 10.0 Å². The molecule has 6 rings (SSSR count). The Morgan fingerprint density at radius 3 is 2.43 bits per heavy atom. The normalized spacial score (nSPS) is 14.4. The summed E-state index contributed by atoms with van der Waals surface area (Å²) in [7, 11) is 4.17. The van der Waals surface area contributed by atoms with E-state index in [4.69, 9.17) is 27.9 Å². The summed E-state index contributed by atoms with van der Waals surface area (Å²) in [5, 5.41) is 9.56. The van der Waals surface area contributed by atoms with E-state index >= 15 is 0 Å². The van der Waals surface area contributed by atoms with E-state index in [2.05, 4.69) is 30.9 Å². The fourth-order valence-corrected chi connectivity index (χ4v) is 6.32. The van der Waals surface area contributed by atoms with E-state index in [1.54, 1.807) is 42.6 Å². The molecule has 1 aliphatic heterocycles. The van der Waals surface area contributed by atoms with Gasteiger partial charge in [0.25, 0.3) is 12.0 Å². The molecular formula is C33H30Cl2F2N8O4. The van der Waals surface area contributed by atoms with Crippen molar-refractivity contribution in [2.75, 3.05) is 19.0 Å². The number of nitrogens with zero attached hydrogens (tertiary/aromatic N) is 5. The fourth-order valence-electron chi connectivity index (χ4n) is 5.72. The van der Waals surface area contributed by atoms with Crippen molar-refractivity contribution >= 4 is 51.5 Å². The van der Waals surface area contributed by atoms with Crippen LogP contribution in [0.5, 0.6) is 5.88 Å². The fraction of sp³-hybridized carbons (Fsp3) is 0.273. The minimum Gasteiger partial charge on any atom is -0.480 e. The third-order valence-corrected chi connectivity index (χ3v) is 9.10. The average molecular weight is 712 g/mol. The van der Waals surface area contributed by atoms with E-state index in [-0.39, 0.29) is 39.4 Å². The lowest BCUT2D eigenvalue weighted by molar-refractivity contribution is -0.119. The molecule has 49 heavy (non-hydrogen) atoms. The summed E-state index contributed by atoms with van der Waals surface area (Å²) in [4.78, 5) is 50.4. The summed E-state index contributed by atoms with van der Waals surface area (Å²) in [6.45, 7) is 0.958. The van der Waals surface area contributed by atoms with Crippen LogP contribution < -0.4 is 31.9 Å². The Hall–Kier alpha value is -4.92. The van der Waals surface area contributed by atoms with Gasteiger partial charge in [0.2, 0.25) is 11.8 Å². The number of benzene rings is 2. The highest BCUT2D eigenvalue weighted by atomic mass is 35.5. The summed E-state index contributed by atoms with van der Waals surface area (Å²) in [6.07, 6.45) is -0.0974. The maximum absolute atomic E-state index is 13.9. The van der Waals surface area contributed by atoms with Gasteiger partial charge in [-0.1, -0.05) is 53.5 Å². The van der Waals surface area contributed by atoms with E-state index in [9.17, 15) is 23.2 Å². The number of nitrogens with one attached hydrogen (secondary N) is 3. The molecule has 0 spiro atoms. The molecule has 1 amide bonds. The van der Waals surface area contributed by atoms with Crippen LogP contribution in [-0.4, -0.2) is 49.7 Å². The second kappa shape index (κ2) is 13.9. The Balaban J connectivity index is 1.33. The molecule has 0 bridgehead atoms. The van der Waals surface area contributed by atoms with Gasteiger partial charge in [-0.2, -0.15) is 0 Å². The Morgan fingerprint density at radius 1 is 1.02 bits per heavy atom. The van der Waals surface area contributed by atoms with Crippen molar-refractivity contribution in [3.8, 4) is 28.3 Å². The topological polar surface area (TPSA) is 145 Å². The van der Waals surface area contributed by atoms with Crippen LogP contribution in [-0.2, 0) is 25.4 Å². The van der Waals surface area contributed by atoms with Crippen molar-refractivity contribution in [3.63, 3.8) is 0 Å². The minimum atomic E-state index is -2.97. The highest BCUT2D eigenvalue weighted by molar-refractivity contribution is 6.39. The number of alkyl halides is 2. The van der Waals surface area contributed by atoms with Gasteiger partial charge in [0.05, 0.1) is 40.2 Å². The summed E-state index contributed by atoms with van der Waals surface area (Å²) in [5.74, 6) is 0.164. The second-order valence-corrected chi connectivity index (χ2v) is 12.2. The first kappa shape index (κ1) is 34.0. The number of amides is 1. The maximum Gasteiger partial charge on any atom is 0.330 e. The van der Waals surface area contributed by atoms with Crippen LogP contribution in [0.4, 0.5) is 20.3 Å². The van der Waals surface area contributed by atoms with Crippen LogP contribution in [0.1, 0.15) is 30.7 Å². The molecule has 254 valence electrons. The zero-order valence-electron chi connectivity index (χ0n) is 26.5. The summed E-state index contributed by atoms with van der Waals surface area (Å²) < 4.78 is 35.3. The van der Waals surface area contributed by atoms with Crippen LogP contribution >= 0.6 is 23.2 Å². The van der Waals surface area contributed by atoms with Gasteiger partial charge >= 0.3 is 5.69 Å². The number of anilines is 2. The molecular weight excluding hydrogens is 681 g/mol. The molecule has 1 fully saturated rings. The van der Waals surface area contributed by atoms with Gasteiger partial charge in [0.1, 0.15) is 22.6 Å². The Kier molecular flexibility index (Phi) is 9.63. The number of carbonyl (C=O) groups excluding carboxylic acids is 1.